The monoisotopic (exact) mass is 325 g/mol. The van der Waals surface area contributed by atoms with Crippen LogP contribution in [0.3, 0.4) is 0 Å². The molecular formula is C19H27N5. The molecule has 1 heterocycles. The van der Waals surface area contributed by atoms with Gasteiger partial charge in [0, 0.05) is 0 Å². The minimum absolute atomic E-state index is 0.533. The van der Waals surface area contributed by atoms with Crippen LogP contribution in [-0.4, -0.2) is 33.5 Å². The Hall–Kier alpha value is -2.00. The summed E-state index contributed by atoms with van der Waals surface area (Å²) in [5.41, 5.74) is 1.83. The van der Waals surface area contributed by atoms with Gasteiger partial charge < -0.3 is 0 Å². The number of nitrogens with zero attached hydrogens (tertiary/aromatic N) is 4. The molecule has 2 fully saturated rings. The molecular weight excluding hydrogens is 298 g/mol. The summed E-state index contributed by atoms with van der Waals surface area (Å²) in [4.78, 5) is 8.92. The predicted octanol–water partition coefficient (Wildman–Crippen LogP) is 4.78. The molecule has 0 saturated heterocycles. The van der Waals surface area contributed by atoms with E-state index < -0.39 is 0 Å². The topological polar surface area (TPSA) is 66.3 Å². The van der Waals surface area contributed by atoms with E-state index in [2.05, 4.69) is 31.4 Å². The number of benzene rings is 1. The Kier molecular flexibility index (Phi) is 6.55. The fourth-order valence-electron chi connectivity index (χ4n) is 3.40. The smallest absolute Gasteiger partial charge is 0.112 e. The molecule has 4 rings (SSSR count). The van der Waals surface area contributed by atoms with Crippen LogP contribution in [-0.2, 0) is 0 Å². The zero-order chi connectivity index (χ0) is 16.5. The first kappa shape index (κ1) is 16.8. The van der Waals surface area contributed by atoms with E-state index in [9.17, 15) is 0 Å². The van der Waals surface area contributed by atoms with Crippen molar-refractivity contribution in [2.24, 2.45) is 9.98 Å². The third-order valence-electron chi connectivity index (χ3n) is 4.85. The largest absolute Gasteiger partial charge is 0.222 e. The van der Waals surface area contributed by atoms with Crippen LogP contribution in [0.2, 0.25) is 0 Å². The first-order chi connectivity index (χ1) is 11.9. The maximum Gasteiger partial charge on any atom is 0.112 e. The third-order valence-corrected chi connectivity index (χ3v) is 4.85. The van der Waals surface area contributed by atoms with E-state index in [0.717, 1.165) is 11.0 Å². The van der Waals surface area contributed by atoms with Crippen LogP contribution in [0.5, 0.6) is 0 Å². The van der Waals surface area contributed by atoms with Crippen LogP contribution in [0.15, 0.2) is 34.3 Å². The van der Waals surface area contributed by atoms with Gasteiger partial charge in [-0.2, -0.15) is 15.4 Å². The Bertz CT molecular complexity index is 607. The number of H-pyrrole nitrogens is 1. The first-order valence-corrected chi connectivity index (χ1v) is 9.32. The Balaban J connectivity index is 0.000000159. The van der Waals surface area contributed by atoms with Crippen LogP contribution in [0.1, 0.15) is 64.2 Å². The van der Waals surface area contributed by atoms with Gasteiger partial charge in [0.25, 0.3) is 0 Å². The molecule has 0 unspecified atom stereocenters. The van der Waals surface area contributed by atoms with Crippen molar-refractivity contribution < 1.29 is 0 Å². The third kappa shape index (κ3) is 5.27. The number of nitrogens with one attached hydrogen (secondary N) is 1. The lowest BCUT2D eigenvalue weighted by atomic mass is 9.96. The zero-order valence-electron chi connectivity index (χ0n) is 14.3. The predicted molar refractivity (Wildman–Crippen MR) is 97.5 cm³/mol. The van der Waals surface area contributed by atoms with E-state index in [4.69, 9.17) is 0 Å². The Morgan fingerprint density at radius 3 is 1.67 bits per heavy atom. The molecule has 0 bridgehead atoms. The maximum atomic E-state index is 4.46. The van der Waals surface area contributed by atoms with Crippen molar-refractivity contribution in [3.63, 3.8) is 0 Å². The standard InChI is InChI=1S/C13H22N2.C6H5N3/c1-3-7-12(8-4-1)14-11-15-13-9-5-2-6-10-13;1-2-4-6-5(3-1)7-9-8-6/h12-13H,1-10H2;1-4H,(H,7,8,9). The Labute approximate surface area is 143 Å². The summed E-state index contributed by atoms with van der Waals surface area (Å²) < 4.78 is 0. The van der Waals surface area contributed by atoms with E-state index in [1.165, 1.54) is 64.2 Å². The van der Waals surface area contributed by atoms with Crippen LogP contribution in [0, 0.1) is 0 Å². The summed E-state index contributed by atoms with van der Waals surface area (Å²) in [7, 11) is 0. The SMILES string of the molecule is C(=NC1CCCCC1)=NC1CCCCC1.c1ccc2n[nH]nc2c1. The first-order valence-electron chi connectivity index (χ1n) is 9.32. The molecule has 1 aromatic heterocycles. The molecule has 0 atom stereocenters. The van der Waals surface area contributed by atoms with Gasteiger partial charge in [0.05, 0.1) is 18.1 Å². The van der Waals surface area contributed by atoms with Crippen molar-refractivity contribution in [1.82, 2.24) is 15.4 Å². The number of aliphatic imine (C=N–C) groups is 2. The summed E-state index contributed by atoms with van der Waals surface area (Å²) in [6.45, 7) is 0. The van der Waals surface area contributed by atoms with Crippen molar-refractivity contribution in [3.05, 3.63) is 24.3 Å². The molecule has 0 spiro atoms. The van der Waals surface area contributed by atoms with Gasteiger partial charge in [-0.25, -0.2) is 9.98 Å². The Morgan fingerprint density at radius 2 is 1.21 bits per heavy atom. The summed E-state index contributed by atoms with van der Waals surface area (Å²) in [5.74, 6) is 0. The second-order valence-corrected chi connectivity index (χ2v) is 6.75. The van der Waals surface area contributed by atoms with Gasteiger partial charge in [-0.05, 0) is 37.8 Å². The van der Waals surface area contributed by atoms with Gasteiger partial charge >= 0.3 is 0 Å². The molecule has 2 aliphatic rings. The van der Waals surface area contributed by atoms with E-state index >= 15 is 0 Å². The number of para-hydroxylation sites is 2. The van der Waals surface area contributed by atoms with Crippen LogP contribution < -0.4 is 0 Å². The van der Waals surface area contributed by atoms with Crippen molar-refractivity contribution in [2.45, 2.75) is 76.3 Å². The van der Waals surface area contributed by atoms with Gasteiger partial charge in [0.1, 0.15) is 11.0 Å². The minimum Gasteiger partial charge on any atom is -0.222 e. The average molecular weight is 325 g/mol. The zero-order valence-corrected chi connectivity index (χ0v) is 14.3. The number of fused-ring (bicyclic) bond motifs is 1. The summed E-state index contributed by atoms with van der Waals surface area (Å²) in [5, 5.41) is 10.3. The lowest BCUT2D eigenvalue weighted by Crippen LogP contribution is -2.10. The summed E-state index contributed by atoms with van der Waals surface area (Å²) in [6.07, 6.45) is 13.2. The summed E-state index contributed by atoms with van der Waals surface area (Å²) >= 11 is 0. The van der Waals surface area contributed by atoms with E-state index in [1.807, 2.05) is 24.3 Å². The van der Waals surface area contributed by atoms with Crippen LogP contribution in [0.4, 0.5) is 0 Å². The molecule has 5 nitrogen and oxygen atoms in total. The van der Waals surface area contributed by atoms with E-state index in [0.29, 0.717) is 12.1 Å². The lowest BCUT2D eigenvalue weighted by Gasteiger charge is -2.17. The van der Waals surface area contributed by atoms with Gasteiger partial charge in [-0.1, -0.05) is 50.7 Å². The second-order valence-electron chi connectivity index (χ2n) is 6.75. The number of rotatable bonds is 2. The maximum absolute atomic E-state index is 4.46. The second kappa shape index (κ2) is 9.33. The molecule has 2 aliphatic carbocycles. The average Bonchev–Trinajstić information content (AvgIpc) is 3.13. The number of aromatic nitrogens is 3. The lowest BCUT2D eigenvalue weighted by molar-refractivity contribution is 0.438. The number of hydrogen-bond acceptors (Lipinski definition) is 4. The molecule has 24 heavy (non-hydrogen) atoms. The van der Waals surface area contributed by atoms with E-state index in [1.54, 1.807) is 0 Å². The van der Waals surface area contributed by atoms with Gasteiger partial charge in [-0.15, -0.1) is 0 Å². The van der Waals surface area contributed by atoms with Gasteiger partial charge in [0.15, 0.2) is 0 Å². The normalized spacial score (nSPS) is 19.2. The fraction of sp³-hybridized carbons (Fsp3) is 0.632. The fourth-order valence-corrected chi connectivity index (χ4v) is 3.40. The molecule has 0 aliphatic heterocycles. The molecule has 2 aromatic rings. The molecule has 2 saturated carbocycles. The molecule has 1 N–H and O–H groups in total. The summed E-state index contributed by atoms with van der Waals surface area (Å²) in [6, 6.07) is 11.7. The van der Waals surface area contributed by atoms with Crippen LogP contribution in [0.25, 0.3) is 11.0 Å². The molecule has 1 aromatic carbocycles. The van der Waals surface area contributed by atoms with Crippen molar-refractivity contribution in [2.75, 3.05) is 0 Å². The van der Waals surface area contributed by atoms with E-state index in [-0.39, 0.29) is 0 Å². The highest BCUT2D eigenvalue weighted by Gasteiger charge is 2.12. The van der Waals surface area contributed by atoms with Crippen molar-refractivity contribution in [1.29, 1.82) is 0 Å². The molecule has 5 heteroatoms. The quantitative estimate of drug-likeness (QED) is 0.807. The number of aromatic amines is 1. The van der Waals surface area contributed by atoms with Gasteiger partial charge in [0.2, 0.25) is 0 Å². The number of hydrogen-bond donors (Lipinski definition) is 1. The highest BCUT2D eigenvalue weighted by molar-refractivity contribution is 5.72. The Morgan fingerprint density at radius 1 is 0.750 bits per heavy atom. The van der Waals surface area contributed by atoms with Crippen molar-refractivity contribution >= 4 is 17.0 Å². The minimum atomic E-state index is 0.533. The molecule has 0 radical (unpaired) electrons. The highest BCUT2D eigenvalue weighted by atomic mass is 15.3. The van der Waals surface area contributed by atoms with Crippen LogP contribution >= 0.6 is 0 Å². The highest BCUT2D eigenvalue weighted by Crippen LogP contribution is 2.21. The van der Waals surface area contributed by atoms with Gasteiger partial charge in [-0.3, -0.25) is 0 Å². The van der Waals surface area contributed by atoms with Crippen molar-refractivity contribution in [3.8, 4) is 0 Å². The molecule has 0 amide bonds. The molecule has 128 valence electrons.